The van der Waals surface area contributed by atoms with Gasteiger partial charge in [0.1, 0.15) is 24.4 Å². The predicted molar refractivity (Wildman–Crippen MR) is 140 cm³/mol. The molecule has 0 aromatic heterocycles. The first-order valence-corrected chi connectivity index (χ1v) is 13.0. The zero-order valence-corrected chi connectivity index (χ0v) is 21.5. The van der Waals surface area contributed by atoms with Crippen molar-refractivity contribution in [1.29, 1.82) is 0 Å². The van der Waals surface area contributed by atoms with Crippen LogP contribution in [0.3, 0.4) is 0 Å². The SMILES string of the molecule is COC1O[C@@H]2[C@@H](OCc3ccccc3)[C@H](OCc3ccccc3)[C@@H](COCc3ccccc3)O[C@@H]2C1C. The van der Waals surface area contributed by atoms with E-state index in [0.29, 0.717) is 26.4 Å². The third-order valence-corrected chi connectivity index (χ3v) is 7.11. The summed E-state index contributed by atoms with van der Waals surface area (Å²) in [7, 11) is 1.67. The molecule has 6 nitrogen and oxygen atoms in total. The van der Waals surface area contributed by atoms with Crippen LogP contribution in [0.25, 0.3) is 0 Å². The lowest BCUT2D eigenvalue weighted by Crippen LogP contribution is -2.60. The van der Waals surface area contributed by atoms with E-state index in [4.69, 9.17) is 28.4 Å². The van der Waals surface area contributed by atoms with Crippen LogP contribution in [0.5, 0.6) is 0 Å². The Balaban J connectivity index is 1.37. The summed E-state index contributed by atoms with van der Waals surface area (Å²) >= 11 is 0. The lowest BCUT2D eigenvalue weighted by atomic mass is 9.90. The smallest absolute Gasteiger partial charge is 0.162 e. The summed E-state index contributed by atoms with van der Waals surface area (Å²) in [6.45, 7) is 3.87. The molecule has 0 saturated carbocycles. The summed E-state index contributed by atoms with van der Waals surface area (Å²) in [5, 5.41) is 0. The van der Waals surface area contributed by atoms with Gasteiger partial charge in [-0.2, -0.15) is 0 Å². The van der Waals surface area contributed by atoms with E-state index >= 15 is 0 Å². The van der Waals surface area contributed by atoms with E-state index in [1.165, 1.54) is 0 Å². The number of benzene rings is 3. The third kappa shape index (κ3) is 6.47. The van der Waals surface area contributed by atoms with Gasteiger partial charge in [-0.15, -0.1) is 0 Å². The highest BCUT2D eigenvalue weighted by Gasteiger charge is 2.56. The lowest BCUT2D eigenvalue weighted by molar-refractivity contribution is -0.259. The molecule has 0 spiro atoms. The number of ether oxygens (including phenoxy) is 6. The Bertz CT molecular complexity index is 1060. The summed E-state index contributed by atoms with van der Waals surface area (Å²) in [6.07, 6.45) is -1.92. The van der Waals surface area contributed by atoms with Gasteiger partial charge in [-0.05, 0) is 16.7 Å². The van der Waals surface area contributed by atoms with Crippen LogP contribution in [0.15, 0.2) is 91.0 Å². The molecule has 3 aromatic carbocycles. The van der Waals surface area contributed by atoms with Gasteiger partial charge >= 0.3 is 0 Å². The highest BCUT2D eigenvalue weighted by molar-refractivity contribution is 5.15. The zero-order chi connectivity index (χ0) is 25.5. The zero-order valence-electron chi connectivity index (χ0n) is 21.5. The average Bonchev–Trinajstić information content (AvgIpc) is 3.27. The maximum Gasteiger partial charge on any atom is 0.162 e. The predicted octanol–water partition coefficient (Wildman–Crippen LogP) is 5.15. The van der Waals surface area contributed by atoms with Crippen molar-refractivity contribution < 1.29 is 28.4 Å². The largest absolute Gasteiger partial charge is 0.374 e. The van der Waals surface area contributed by atoms with Gasteiger partial charge < -0.3 is 28.4 Å². The van der Waals surface area contributed by atoms with Gasteiger partial charge in [0, 0.05) is 13.0 Å². The standard InChI is InChI=1S/C31H36O6/c1-22-27-30(37-31(22)32-2)29(35-20-25-16-10-5-11-17-25)28(34-19-24-14-8-4-9-15-24)26(36-27)21-33-18-23-12-6-3-7-13-23/h3-17,22,26-31H,18-21H2,1-2H3/t22?,26-,27-,28-,29+,30+,31?/m1/s1. The van der Waals surface area contributed by atoms with Crippen LogP contribution < -0.4 is 0 Å². The van der Waals surface area contributed by atoms with E-state index in [-0.39, 0.29) is 42.7 Å². The van der Waals surface area contributed by atoms with Crippen molar-refractivity contribution in [2.45, 2.75) is 63.6 Å². The van der Waals surface area contributed by atoms with Gasteiger partial charge in [-0.25, -0.2) is 0 Å². The molecule has 2 heterocycles. The van der Waals surface area contributed by atoms with Crippen molar-refractivity contribution in [1.82, 2.24) is 0 Å². The van der Waals surface area contributed by atoms with Crippen molar-refractivity contribution in [2.75, 3.05) is 13.7 Å². The second-order valence-corrected chi connectivity index (χ2v) is 9.73. The molecule has 7 atom stereocenters. The molecule has 2 aliphatic heterocycles. The van der Waals surface area contributed by atoms with Crippen molar-refractivity contribution in [3.63, 3.8) is 0 Å². The number of fused-ring (bicyclic) bond motifs is 1. The van der Waals surface area contributed by atoms with Gasteiger partial charge in [0.05, 0.1) is 32.5 Å². The van der Waals surface area contributed by atoms with Gasteiger partial charge in [0.15, 0.2) is 6.29 Å². The van der Waals surface area contributed by atoms with Crippen LogP contribution in [-0.4, -0.2) is 50.5 Å². The van der Waals surface area contributed by atoms with Crippen molar-refractivity contribution in [2.24, 2.45) is 5.92 Å². The molecule has 37 heavy (non-hydrogen) atoms. The van der Waals surface area contributed by atoms with Crippen molar-refractivity contribution in [3.05, 3.63) is 108 Å². The molecule has 2 aliphatic rings. The highest BCUT2D eigenvalue weighted by atomic mass is 16.7. The molecule has 0 N–H and O–H groups in total. The van der Waals surface area contributed by atoms with E-state index < -0.39 is 0 Å². The maximum atomic E-state index is 6.64. The van der Waals surface area contributed by atoms with Gasteiger partial charge in [-0.1, -0.05) is 97.9 Å². The summed E-state index contributed by atoms with van der Waals surface area (Å²) in [6, 6.07) is 30.5. The van der Waals surface area contributed by atoms with Crippen LogP contribution in [0.2, 0.25) is 0 Å². The topological polar surface area (TPSA) is 55.4 Å². The Hall–Kier alpha value is -2.58. The molecule has 2 saturated heterocycles. The maximum absolute atomic E-state index is 6.64. The van der Waals surface area contributed by atoms with Crippen LogP contribution in [0.4, 0.5) is 0 Å². The average molecular weight is 505 g/mol. The van der Waals surface area contributed by atoms with Crippen LogP contribution >= 0.6 is 0 Å². The summed E-state index contributed by atoms with van der Waals surface area (Å²) < 4.78 is 37.9. The van der Waals surface area contributed by atoms with E-state index in [9.17, 15) is 0 Å². The van der Waals surface area contributed by atoms with Crippen molar-refractivity contribution in [3.8, 4) is 0 Å². The third-order valence-electron chi connectivity index (χ3n) is 7.11. The number of methoxy groups -OCH3 is 1. The fourth-order valence-corrected chi connectivity index (χ4v) is 5.15. The molecule has 196 valence electrons. The molecule has 0 bridgehead atoms. The Kier molecular flexibility index (Phi) is 9.00. The fraction of sp³-hybridized carbons (Fsp3) is 0.419. The Morgan fingerprint density at radius 3 is 1.68 bits per heavy atom. The fourth-order valence-electron chi connectivity index (χ4n) is 5.15. The molecular formula is C31H36O6. The minimum atomic E-state index is -0.385. The minimum absolute atomic E-state index is 0.0459. The van der Waals surface area contributed by atoms with Gasteiger partial charge in [0.2, 0.25) is 0 Å². The summed E-state index contributed by atoms with van der Waals surface area (Å²) in [5.41, 5.74) is 3.30. The first-order valence-electron chi connectivity index (χ1n) is 13.0. The summed E-state index contributed by atoms with van der Waals surface area (Å²) in [4.78, 5) is 0. The monoisotopic (exact) mass is 504 g/mol. The molecule has 6 heteroatoms. The first-order chi connectivity index (χ1) is 18.2. The second-order valence-electron chi connectivity index (χ2n) is 9.73. The molecule has 5 rings (SSSR count). The molecular weight excluding hydrogens is 468 g/mol. The highest BCUT2D eigenvalue weighted by Crippen LogP contribution is 2.40. The Morgan fingerprint density at radius 1 is 0.622 bits per heavy atom. The van der Waals surface area contributed by atoms with Crippen LogP contribution in [-0.2, 0) is 48.2 Å². The molecule has 2 unspecified atom stereocenters. The Morgan fingerprint density at radius 2 is 1.14 bits per heavy atom. The number of rotatable bonds is 11. The van der Waals surface area contributed by atoms with Gasteiger partial charge in [0.25, 0.3) is 0 Å². The molecule has 0 aliphatic carbocycles. The normalized spacial score (nSPS) is 29.2. The summed E-state index contributed by atoms with van der Waals surface area (Å²) in [5.74, 6) is 0.0459. The van der Waals surface area contributed by atoms with E-state index in [0.717, 1.165) is 16.7 Å². The number of hydrogen-bond donors (Lipinski definition) is 0. The minimum Gasteiger partial charge on any atom is -0.374 e. The second kappa shape index (κ2) is 12.8. The lowest BCUT2D eigenvalue weighted by Gasteiger charge is -2.44. The van der Waals surface area contributed by atoms with E-state index in [1.807, 2.05) is 54.6 Å². The van der Waals surface area contributed by atoms with E-state index in [1.54, 1.807) is 7.11 Å². The molecule has 0 amide bonds. The van der Waals surface area contributed by atoms with Crippen LogP contribution in [0, 0.1) is 5.92 Å². The quantitative estimate of drug-likeness (QED) is 0.360. The number of hydrogen-bond acceptors (Lipinski definition) is 6. The first kappa shape index (κ1) is 26.0. The van der Waals surface area contributed by atoms with E-state index in [2.05, 4.69) is 43.3 Å². The molecule has 3 aromatic rings. The van der Waals surface area contributed by atoms with Crippen LogP contribution in [0.1, 0.15) is 23.6 Å². The van der Waals surface area contributed by atoms with Crippen molar-refractivity contribution >= 4 is 0 Å². The molecule has 2 fully saturated rings. The Labute approximate surface area is 219 Å². The molecule has 0 radical (unpaired) electrons. The van der Waals surface area contributed by atoms with Gasteiger partial charge in [-0.3, -0.25) is 0 Å².